The average molecular weight is 234 g/mol. The van der Waals surface area contributed by atoms with Crippen molar-refractivity contribution in [1.82, 2.24) is 10.6 Å². The van der Waals surface area contributed by atoms with Crippen molar-refractivity contribution < 1.29 is 6.94 Å². The summed E-state index contributed by atoms with van der Waals surface area (Å²) in [5.41, 5.74) is 5.35. The van der Waals surface area contributed by atoms with E-state index < -0.39 is 18.4 Å². The molecule has 5 nitrogen and oxygen atoms in total. The van der Waals surface area contributed by atoms with E-state index in [1.165, 1.54) is 0 Å². The van der Waals surface area contributed by atoms with E-state index in [0.29, 0.717) is 10.6 Å². The van der Waals surface area contributed by atoms with E-state index >= 15 is 0 Å². The summed E-state index contributed by atoms with van der Waals surface area (Å²) in [7, 11) is 0. The van der Waals surface area contributed by atoms with Crippen molar-refractivity contribution in [2.24, 2.45) is 15.7 Å². The Labute approximate surface area is 107 Å². The number of fused-ring (bicyclic) bond motifs is 1. The molecule has 4 N–H and O–H groups in total. The maximum Gasteiger partial charge on any atom is 0.144 e. The molecule has 0 amide bonds. The van der Waals surface area contributed by atoms with E-state index in [9.17, 15) is 0 Å². The summed E-state index contributed by atoms with van der Waals surface area (Å²) >= 11 is 0. The third kappa shape index (κ3) is 1.88. The van der Waals surface area contributed by atoms with Crippen molar-refractivity contribution in [3.05, 3.63) is 35.9 Å². The summed E-state index contributed by atoms with van der Waals surface area (Å²) in [5, 5.41) is 0.783. The molecule has 2 aliphatic rings. The first-order valence-electron chi connectivity index (χ1n) is 7.66. The Morgan fingerprint density at radius 1 is 1.59 bits per heavy atom. The number of hydrogen-bond donors (Lipinski definition) is 3. The molecule has 5 heteroatoms. The number of nitrogens with zero attached hydrogens (tertiary/aromatic N) is 2. The van der Waals surface area contributed by atoms with Gasteiger partial charge in [0.2, 0.25) is 0 Å². The lowest BCUT2D eigenvalue weighted by atomic mass is 9.92. The van der Waals surface area contributed by atoms with Crippen LogP contribution in [0.25, 0.3) is 0 Å². The molecule has 2 heterocycles. The zero-order valence-corrected chi connectivity index (χ0v) is 9.04. The highest BCUT2D eigenvalue weighted by atomic mass is 15.3. The summed E-state index contributed by atoms with van der Waals surface area (Å²) in [6, 6.07) is 9.05. The molecule has 1 aromatic carbocycles. The predicted octanol–water partition coefficient (Wildman–Crippen LogP) is -0.157. The smallest absolute Gasteiger partial charge is 0.144 e. The fourth-order valence-electron chi connectivity index (χ4n) is 1.89. The molecule has 1 aromatic rings. The normalized spacial score (nSPS) is 45.0. The number of nitrogens with two attached hydrogens (primary N) is 1. The number of aliphatic imine (C=N–C) groups is 2. The maximum absolute atomic E-state index is 8.29. The van der Waals surface area contributed by atoms with Gasteiger partial charge >= 0.3 is 0 Å². The molecule has 2 atom stereocenters. The molecule has 1 fully saturated rings. The highest BCUT2D eigenvalue weighted by Crippen LogP contribution is 2.17. The molecule has 2 aliphatic heterocycles. The van der Waals surface area contributed by atoms with Crippen molar-refractivity contribution in [3.8, 4) is 0 Å². The van der Waals surface area contributed by atoms with Crippen LogP contribution in [0.5, 0.6) is 0 Å². The molecule has 0 aliphatic carbocycles. The fourth-order valence-corrected chi connectivity index (χ4v) is 1.89. The Kier molecular flexibility index (Phi) is 1.52. The lowest BCUT2D eigenvalue weighted by Gasteiger charge is -2.38. The second-order valence-corrected chi connectivity index (χ2v) is 3.96. The Hall–Kier alpha value is -1.56. The van der Waals surface area contributed by atoms with Crippen LogP contribution in [0.1, 0.15) is 9.68 Å². The van der Waals surface area contributed by atoms with Gasteiger partial charge in [-0.1, -0.05) is 30.3 Å². The van der Waals surface area contributed by atoms with Crippen LogP contribution in [0.15, 0.2) is 40.3 Å². The third-order valence-corrected chi connectivity index (χ3v) is 2.71. The monoisotopic (exact) mass is 234 g/mol. The Morgan fingerprint density at radius 2 is 2.41 bits per heavy atom. The van der Waals surface area contributed by atoms with Gasteiger partial charge in [0.05, 0.1) is 9.82 Å². The lowest BCUT2D eigenvalue weighted by Crippen LogP contribution is -2.71. The van der Waals surface area contributed by atoms with Gasteiger partial charge in [-0.25, -0.2) is 9.98 Å². The number of nitrogens with one attached hydrogen (secondary N) is 2. The Bertz CT molecular complexity index is 651. The average Bonchev–Trinajstić information content (AvgIpc) is 2.89. The van der Waals surface area contributed by atoms with Crippen LogP contribution in [0.3, 0.4) is 0 Å². The van der Waals surface area contributed by atoms with Gasteiger partial charge in [0.15, 0.2) is 0 Å². The molecule has 1 saturated heterocycles. The van der Waals surface area contributed by atoms with E-state index in [1.54, 1.807) is 12.1 Å². The van der Waals surface area contributed by atoms with Gasteiger partial charge in [-0.3, -0.25) is 10.6 Å². The van der Waals surface area contributed by atoms with Crippen LogP contribution in [0.4, 0.5) is 0 Å². The molecule has 0 saturated carbocycles. The van der Waals surface area contributed by atoms with Crippen molar-refractivity contribution in [2.75, 3.05) is 6.62 Å². The SMILES string of the molecule is [2H]N1C(N)(Cc2ccccc2)C2=NC=NC2([2H])N([2H])C1([2H])[2H]. The van der Waals surface area contributed by atoms with E-state index in [4.69, 9.17) is 12.7 Å². The van der Waals surface area contributed by atoms with Crippen molar-refractivity contribution >= 4 is 12.1 Å². The minimum Gasteiger partial charge on any atom is -0.308 e. The minimum atomic E-state index is -2.59. The number of benzene rings is 1. The molecule has 3 rings (SSSR count). The van der Waals surface area contributed by atoms with Gasteiger partial charge in [-0.05, 0) is 5.56 Å². The Balaban J connectivity index is 2.09. The van der Waals surface area contributed by atoms with Gasteiger partial charge in [0.25, 0.3) is 0 Å². The summed E-state index contributed by atoms with van der Waals surface area (Å²) < 4.78 is 40.1. The van der Waals surface area contributed by atoms with Gasteiger partial charge < -0.3 is 5.73 Å². The highest BCUT2D eigenvalue weighted by Gasteiger charge is 2.40. The van der Waals surface area contributed by atoms with E-state index in [0.717, 1.165) is 11.9 Å². The molecular formula is C12H15N5. The predicted molar refractivity (Wildman–Crippen MR) is 67.9 cm³/mol. The summed E-state index contributed by atoms with van der Waals surface area (Å²) in [4.78, 5) is 7.75. The van der Waals surface area contributed by atoms with Crippen LogP contribution >= 0.6 is 0 Å². The highest BCUT2D eigenvalue weighted by molar-refractivity contribution is 6.05. The van der Waals surface area contributed by atoms with E-state index in [1.807, 2.05) is 18.2 Å². The molecule has 88 valence electrons. The van der Waals surface area contributed by atoms with Gasteiger partial charge in [-0.15, -0.1) is 0 Å². The van der Waals surface area contributed by atoms with Crippen molar-refractivity contribution in [1.29, 1.82) is 0 Å². The molecular weight excluding hydrogens is 214 g/mol. The molecule has 17 heavy (non-hydrogen) atoms. The van der Waals surface area contributed by atoms with E-state index in [-0.39, 0.29) is 12.1 Å². The van der Waals surface area contributed by atoms with Crippen LogP contribution in [-0.4, -0.2) is 30.5 Å². The standard InChI is InChI=1S/C12H15N5/c13-12(6-9-4-2-1-3-5-9)10-11(15-7-14-10)16-8-17-12/h1-5,7,11,16-17H,6,8,13H2/i8D2,11D/hD2. The summed E-state index contributed by atoms with van der Waals surface area (Å²) in [6.45, 7) is -2.59. The molecule has 2 unspecified atom stereocenters. The molecule has 0 radical (unpaired) electrons. The summed E-state index contributed by atoms with van der Waals surface area (Å²) in [6.07, 6.45) is -0.899. The molecule has 0 aromatic heterocycles. The van der Waals surface area contributed by atoms with Crippen LogP contribution in [0, 0.1) is 0 Å². The minimum absolute atomic E-state index is 0.0380. The first kappa shape index (κ1) is 6.39. The second kappa shape index (κ2) is 4.03. The van der Waals surface area contributed by atoms with Crippen molar-refractivity contribution in [3.63, 3.8) is 0 Å². The Morgan fingerprint density at radius 3 is 3.24 bits per heavy atom. The summed E-state index contributed by atoms with van der Waals surface area (Å²) in [5.74, 6) is 0. The second-order valence-electron chi connectivity index (χ2n) is 3.96. The zero-order chi connectivity index (χ0) is 16.2. The van der Waals surface area contributed by atoms with Gasteiger partial charge in [-0.2, -0.15) is 0 Å². The topological polar surface area (TPSA) is 74.8 Å². The number of rotatable bonds is 2. The molecule has 0 spiro atoms. The lowest BCUT2D eigenvalue weighted by molar-refractivity contribution is 0.365. The zero-order valence-electron chi connectivity index (χ0n) is 14.0. The van der Waals surface area contributed by atoms with Crippen LogP contribution < -0.4 is 16.4 Å². The van der Waals surface area contributed by atoms with Crippen LogP contribution in [-0.2, 0) is 6.42 Å². The van der Waals surface area contributed by atoms with E-state index in [2.05, 4.69) is 9.98 Å². The largest absolute Gasteiger partial charge is 0.308 e. The number of hydrogen-bond acceptors (Lipinski definition) is 5. The first-order chi connectivity index (χ1) is 10.2. The van der Waals surface area contributed by atoms with Gasteiger partial charge in [0.1, 0.15) is 21.0 Å². The third-order valence-electron chi connectivity index (χ3n) is 2.71. The maximum atomic E-state index is 8.29. The van der Waals surface area contributed by atoms with Gasteiger partial charge in [0, 0.05) is 13.0 Å². The van der Waals surface area contributed by atoms with Crippen molar-refractivity contribution in [2.45, 2.75) is 18.2 Å². The quantitative estimate of drug-likeness (QED) is 0.666. The van der Waals surface area contributed by atoms with Crippen LogP contribution in [0.2, 0.25) is 2.82 Å². The molecule has 0 bridgehead atoms. The first-order valence-corrected chi connectivity index (χ1v) is 5.26. The fraction of sp³-hybridized carbons (Fsp3) is 0.333.